The summed E-state index contributed by atoms with van der Waals surface area (Å²) in [6.07, 6.45) is 10.5. The van der Waals surface area contributed by atoms with Gasteiger partial charge in [-0.3, -0.25) is 9.59 Å². The average Bonchev–Trinajstić information content (AvgIpc) is 2.54. The van der Waals surface area contributed by atoms with Crippen LogP contribution in [0.25, 0.3) is 0 Å². The molecule has 132 valence electrons. The SMILES string of the molecule is CC1CCCC(OCC(=O)NCCC(=O)OC2CCCCC2)C1. The van der Waals surface area contributed by atoms with Crippen LogP contribution in [0.5, 0.6) is 0 Å². The van der Waals surface area contributed by atoms with Gasteiger partial charge in [-0.15, -0.1) is 0 Å². The minimum atomic E-state index is -0.209. The van der Waals surface area contributed by atoms with Gasteiger partial charge < -0.3 is 14.8 Å². The van der Waals surface area contributed by atoms with E-state index in [4.69, 9.17) is 9.47 Å². The van der Waals surface area contributed by atoms with Gasteiger partial charge in [0.25, 0.3) is 0 Å². The molecule has 0 heterocycles. The van der Waals surface area contributed by atoms with Crippen LogP contribution in [0.1, 0.15) is 71.1 Å². The maximum Gasteiger partial charge on any atom is 0.307 e. The molecule has 0 aliphatic heterocycles. The maximum atomic E-state index is 11.8. The van der Waals surface area contributed by atoms with Crippen molar-refractivity contribution in [2.45, 2.75) is 83.3 Å². The van der Waals surface area contributed by atoms with Crippen molar-refractivity contribution in [1.29, 1.82) is 0 Å². The fourth-order valence-electron chi connectivity index (χ4n) is 3.51. The van der Waals surface area contributed by atoms with E-state index in [9.17, 15) is 9.59 Å². The first-order chi connectivity index (χ1) is 11.1. The number of carbonyl (C=O) groups excluding carboxylic acids is 2. The number of ether oxygens (including phenoxy) is 2. The Morgan fingerprint density at radius 1 is 1.00 bits per heavy atom. The summed E-state index contributed by atoms with van der Waals surface area (Å²) in [5.41, 5.74) is 0. The lowest BCUT2D eigenvalue weighted by Gasteiger charge is -2.26. The standard InChI is InChI=1S/C18H31NO4/c1-14-6-5-9-16(12-14)22-13-17(20)19-11-10-18(21)23-15-7-3-2-4-8-15/h14-16H,2-13H2,1H3,(H,19,20). The van der Waals surface area contributed by atoms with Crippen molar-refractivity contribution in [3.05, 3.63) is 0 Å². The van der Waals surface area contributed by atoms with Gasteiger partial charge in [-0.2, -0.15) is 0 Å². The zero-order valence-corrected chi connectivity index (χ0v) is 14.4. The van der Waals surface area contributed by atoms with Gasteiger partial charge in [0.15, 0.2) is 0 Å². The van der Waals surface area contributed by atoms with Crippen LogP contribution in [0, 0.1) is 5.92 Å². The lowest BCUT2D eigenvalue weighted by molar-refractivity contribution is -0.150. The molecule has 2 fully saturated rings. The number of hydrogen-bond acceptors (Lipinski definition) is 4. The van der Waals surface area contributed by atoms with Crippen LogP contribution in [-0.4, -0.2) is 37.2 Å². The Bertz CT molecular complexity index is 379. The molecule has 2 atom stereocenters. The topological polar surface area (TPSA) is 64.6 Å². The molecule has 0 aromatic rings. The van der Waals surface area contributed by atoms with E-state index in [1.807, 2.05) is 0 Å². The first-order valence-electron chi connectivity index (χ1n) is 9.21. The predicted octanol–water partition coefficient (Wildman–Crippen LogP) is 2.96. The number of nitrogens with one attached hydrogen (secondary N) is 1. The van der Waals surface area contributed by atoms with Crippen LogP contribution in [0.4, 0.5) is 0 Å². The number of esters is 1. The molecule has 5 heteroatoms. The second-order valence-electron chi connectivity index (χ2n) is 7.05. The lowest BCUT2D eigenvalue weighted by Crippen LogP contribution is -2.33. The summed E-state index contributed by atoms with van der Waals surface area (Å²) in [6, 6.07) is 0. The third kappa shape index (κ3) is 7.34. The molecule has 2 aliphatic rings. The molecule has 0 aromatic carbocycles. The number of carbonyl (C=O) groups is 2. The molecule has 0 saturated heterocycles. The Labute approximate surface area is 139 Å². The Balaban J connectivity index is 1.51. The zero-order valence-electron chi connectivity index (χ0n) is 14.4. The van der Waals surface area contributed by atoms with Crippen LogP contribution in [0.3, 0.4) is 0 Å². The largest absolute Gasteiger partial charge is 0.462 e. The molecule has 2 rings (SSSR count). The molecule has 2 saturated carbocycles. The number of rotatable bonds is 7. The smallest absolute Gasteiger partial charge is 0.307 e. The van der Waals surface area contributed by atoms with E-state index in [2.05, 4.69) is 12.2 Å². The Morgan fingerprint density at radius 3 is 2.48 bits per heavy atom. The molecular formula is C18H31NO4. The molecule has 1 N–H and O–H groups in total. The van der Waals surface area contributed by atoms with Crippen molar-refractivity contribution in [3.8, 4) is 0 Å². The van der Waals surface area contributed by atoms with Gasteiger partial charge in [-0.1, -0.05) is 26.2 Å². The van der Waals surface area contributed by atoms with Crippen LogP contribution in [0.2, 0.25) is 0 Å². The van der Waals surface area contributed by atoms with Gasteiger partial charge in [0.05, 0.1) is 12.5 Å². The third-order valence-corrected chi connectivity index (χ3v) is 4.84. The predicted molar refractivity (Wildman–Crippen MR) is 88.0 cm³/mol. The summed E-state index contributed by atoms with van der Waals surface area (Å²) in [7, 11) is 0. The zero-order chi connectivity index (χ0) is 16.5. The fraction of sp³-hybridized carbons (Fsp3) is 0.889. The molecule has 23 heavy (non-hydrogen) atoms. The normalized spacial score (nSPS) is 25.8. The first kappa shape index (κ1) is 18.2. The van der Waals surface area contributed by atoms with Gasteiger partial charge in [0, 0.05) is 6.54 Å². The molecule has 2 aliphatic carbocycles. The quantitative estimate of drug-likeness (QED) is 0.731. The minimum absolute atomic E-state index is 0.0866. The minimum Gasteiger partial charge on any atom is -0.462 e. The fourth-order valence-corrected chi connectivity index (χ4v) is 3.51. The summed E-state index contributed by atoms with van der Waals surface area (Å²) in [6.45, 7) is 2.65. The molecule has 1 amide bonds. The van der Waals surface area contributed by atoms with Crippen molar-refractivity contribution in [2.75, 3.05) is 13.2 Å². The Hall–Kier alpha value is -1.10. The molecule has 5 nitrogen and oxygen atoms in total. The van der Waals surface area contributed by atoms with E-state index >= 15 is 0 Å². The van der Waals surface area contributed by atoms with E-state index in [1.54, 1.807) is 0 Å². The highest BCUT2D eigenvalue weighted by Gasteiger charge is 2.20. The van der Waals surface area contributed by atoms with Crippen molar-refractivity contribution in [2.24, 2.45) is 5.92 Å². The van der Waals surface area contributed by atoms with E-state index in [0.717, 1.165) is 38.5 Å². The molecule has 0 bridgehead atoms. The maximum absolute atomic E-state index is 11.8. The van der Waals surface area contributed by atoms with Crippen molar-refractivity contribution < 1.29 is 19.1 Å². The highest BCUT2D eigenvalue weighted by Crippen LogP contribution is 2.25. The van der Waals surface area contributed by atoms with Crippen LogP contribution >= 0.6 is 0 Å². The summed E-state index contributed by atoms with van der Waals surface area (Å²) in [5, 5.41) is 2.74. The van der Waals surface area contributed by atoms with Gasteiger partial charge in [0.1, 0.15) is 12.7 Å². The van der Waals surface area contributed by atoms with Gasteiger partial charge in [0.2, 0.25) is 5.91 Å². The van der Waals surface area contributed by atoms with Crippen LogP contribution in [0.15, 0.2) is 0 Å². The Kier molecular flexibility index (Phi) is 7.86. The second-order valence-corrected chi connectivity index (χ2v) is 7.05. The van der Waals surface area contributed by atoms with E-state index < -0.39 is 0 Å². The number of amides is 1. The van der Waals surface area contributed by atoms with Crippen molar-refractivity contribution in [3.63, 3.8) is 0 Å². The second kappa shape index (κ2) is 9.91. The third-order valence-electron chi connectivity index (χ3n) is 4.84. The highest BCUT2D eigenvalue weighted by atomic mass is 16.5. The summed E-state index contributed by atoms with van der Waals surface area (Å²) >= 11 is 0. The summed E-state index contributed by atoms with van der Waals surface area (Å²) in [4.78, 5) is 23.5. The van der Waals surface area contributed by atoms with Crippen LogP contribution in [-0.2, 0) is 19.1 Å². The average molecular weight is 325 g/mol. The Morgan fingerprint density at radius 2 is 1.74 bits per heavy atom. The first-order valence-corrected chi connectivity index (χ1v) is 9.21. The molecule has 0 radical (unpaired) electrons. The molecule has 0 aromatic heterocycles. The monoisotopic (exact) mass is 325 g/mol. The van der Waals surface area contributed by atoms with Gasteiger partial charge in [-0.25, -0.2) is 0 Å². The van der Waals surface area contributed by atoms with E-state index in [0.29, 0.717) is 12.5 Å². The van der Waals surface area contributed by atoms with Gasteiger partial charge >= 0.3 is 5.97 Å². The van der Waals surface area contributed by atoms with Gasteiger partial charge in [-0.05, 0) is 44.4 Å². The molecule has 0 spiro atoms. The summed E-state index contributed by atoms with van der Waals surface area (Å²) in [5.74, 6) is 0.333. The highest BCUT2D eigenvalue weighted by molar-refractivity contribution is 5.78. The van der Waals surface area contributed by atoms with Crippen molar-refractivity contribution >= 4 is 11.9 Å². The summed E-state index contributed by atoms with van der Waals surface area (Å²) < 4.78 is 11.1. The molecule has 2 unspecified atom stereocenters. The lowest BCUT2D eigenvalue weighted by atomic mass is 9.89. The van der Waals surface area contributed by atoms with E-state index in [-0.39, 0.29) is 37.1 Å². The number of hydrogen-bond donors (Lipinski definition) is 1. The van der Waals surface area contributed by atoms with Crippen molar-refractivity contribution in [1.82, 2.24) is 5.32 Å². The molecular weight excluding hydrogens is 294 g/mol. The van der Waals surface area contributed by atoms with E-state index in [1.165, 1.54) is 19.3 Å². The van der Waals surface area contributed by atoms with Crippen LogP contribution < -0.4 is 5.32 Å².